The second kappa shape index (κ2) is 8.20. The van der Waals surface area contributed by atoms with Gasteiger partial charge in [0.25, 0.3) is 5.91 Å². The van der Waals surface area contributed by atoms with Gasteiger partial charge in [-0.1, -0.05) is 29.5 Å². The van der Waals surface area contributed by atoms with Crippen molar-refractivity contribution < 1.29 is 27.4 Å². The van der Waals surface area contributed by atoms with Crippen LogP contribution in [0.25, 0.3) is 22.3 Å². The first-order valence-electron chi connectivity index (χ1n) is 9.63. The molecule has 9 nitrogen and oxygen atoms in total. The summed E-state index contributed by atoms with van der Waals surface area (Å²) >= 11 is 0. The molecule has 12 heteroatoms. The lowest BCUT2D eigenvalue weighted by molar-refractivity contribution is -0.317. The highest BCUT2D eigenvalue weighted by Gasteiger charge is 2.61. The van der Waals surface area contributed by atoms with E-state index in [1.165, 1.54) is 42.1 Å². The smallest absolute Gasteiger partial charge is 0.459 e. The molecule has 0 aliphatic heterocycles. The molecule has 1 N–H and O–H groups in total. The Kier molecular flexibility index (Phi) is 5.54. The fourth-order valence-corrected chi connectivity index (χ4v) is 3.47. The average Bonchev–Trinajstić information content (AvgIpc) is 3.40. The minimum absolute atomic E-state index is 0.0204. The van der Waals surface area contributed by atoms with Crippen molar-refractivity contribution in [1.29, 1.82) is 0 Å². The number of amides is 1. The van der Waals surface area contributed by atoms with Crippen LogP contribution in [-0.4, -0.2) is 50.8 Å². The standard InChI is InChI=1S/C21H19F3N6O3/c1-29-12-16(27-28-29)14-9-10-17-15(11-14)25-19(32-2)30(17)21(33-3,20(22,23)24)26-18(31)13-7-5-4-6-8-13/h4-12H,1-3H3,(H,26,31). The summed E-state index contributed by atoms with van der Waals surface area (Å²) in [7, 11) is 3.72. The van der Waals surface area contributed by atoms with Crippen molar-refractivity contribution in [2.75, 3.05) is 14.2 Å². The quantitative estimate of drug-likeness (QED) is 0.445. The number of ether oxygens (including phenoxy) is 2. The molecule has 2 aromatic carbocycles. The van der Waals surface area contributed by atoms with Crippen LogP contribution in [0.2, 0.25) is 0 Å². The minimum Gasteiger partial charge on any atom is -0.468 e. The van der Waals surface area contributed by atoms with E-state index >= 15 is 0 Å². The van der Waals surface area contributed by atoms with Gasteiger partial charge in [0, 0.05) is 25.3 Å². The zero-order chi connectivity index (χ0) is 23.8. The Hall–Kier alpha value is -3.93. The van der Waals surface area contributed by atoms with Crippen molar-refractivity contribution in [3.05, 3.63) is 60.3 Å². The number of benzene rings is 2. The molecule has 172 valence electrons. The van der Waals surface area contributed by atoms with Crippen molar-refractivity contribution in [3.8, 4) is 17.3 Å². The lowest BCUT2D eigenvalue weighted by atomic mass is 10.1. The van der Waals surface area contributed by atoms with Gasteiger partial charge in [0.15, 0.2) is 0 Å². The molecule has 0 radical (unpaired) electrons. The van der Waals surface area contributed by atoms with Gasteiger partial charge >= 0.3 is 18.0 Å². The number of nitrogens with one attached hydrogen (secondary N) is 1. The van der Waals surface area contributed by atoms with Gasteiger partial charge in [-0.15, -0.1) is 5.10 Å². The summed E-state index contributed by atoms with van der Waals surface area (Å²) in [6.45, 7) is 0. The Bertz CT molecular complexity index is 1300. The Balaban J connectivity index is 1.89. The zero-order valence-electron chi connectivity index (χ0n) is 17.8. The number of rotatable bonds is 6. The van der Waals surface area contributed by atoms with Crippen molar-refractivity contribution in [1.82, 2.24) is 29.9 Å². The molecule has 0 spiro atoms. The highest BCUT2D eigenvalue weighted by atomic mass is 19.4. The van der Waals surface area contributed by atoms with E-state index in [1.54, 1.807) is 31.4 Å². The molecule has 0 bridgehead atoms. The summed E-state index contributed by atoms with van der Waals surface area (Å²) in [5, 5.41) is 9.85. The third-order valence-corrected chi connectivity index (χ3v) is 5.02. The summed E-state index contributed by atoms with van der Waals surface area (Å²) in [4.78, 5) is 16.9. The second-order valence-electron chi connectivity index (χ2n) is 7.08. The van der Waals surface area contributed by atoms with Crippen molar-refractivity contribution >= 4 is 16.9 Å². The second-order valence-corrected chi connectivity index (χ2v) is 7.08. The van der Waals surface area contributed by atoms with Crippen LogP contribution < -0.4 is 10.1 Å². The van der Waals surface area contributed by atoms with Gasteiger partial charge < -0.3 is 9.47 Å². The maximum Gasteiger partial charge on any atom is 0.459 e. The molecular weight excluding hydrogens is 441 g/mol. The number of aromatic nitrogens is 5. The Morgan fingerprint density at radius 2 is 1.82 bits per heavy atom. The maximum absolute atomic E-state index is 14.5. The van der Waals surface area contributed by atoms with Crippen molar-refractivity contribution in [2.45, 2.75) is 12.0 Å². The van der Waals surface area contributed by atoms with Gasteiger partial charge in [-0.05, 0) is 24.3 Å². The maximum atomic E-state index is 14.5. The normalized spacial score (nSPS) is 13.6. The van der Waals surface area contributed by atoms with E-state index in [-0.39, 0.29) is 16.6 Å². The van der Waals surface area contributed by atoms with Gasteiger partial charge in [0.05, 0.1) is 24.3 Å². The highest BCUT2D eigenvalue weighted by Crippen LogP contribution is 2.41. The number of methoxy groups -OCH3 is 2. The predicted octanol–water partition coefficient (Wildman–Crippen LogP) is 3.09. The van der Waals surface area contributed by atoms with E-state index in [0.717, 1.165) is 7.11 Å². The predicted molar refractivity (Wildman–Crippen MR) is 111 cm³/mol. The van der Waals surface area contributed by atoms with Crippen LogP contribution in [0, 0.1) is 0 Å². The number of carbonyl (C=O) groups is 1. The number of carbonyl (C=O) groups excluding carboxylic acids is 1. The lowest BCUT2D eigenvalue weighted by Gasteiger charge is -2.36. The van der Waals surface area contributed by atoms with E-state index in [0.29, 0.717) is 15.8 Å². The molecule has 0 saturated heterocycles. The first-order valence-corrected chi connectivity index (χ1v) is 9.63. The molecule has 0 fully saturated rings. The number of hydrogen-bond acceptors (Lipinski definition) is 6. The Morgan fingerprint density at radius 3 is 2.39 bits per heavy atom. The molecule has 1 unspecified atom stereocenters. The van der Waals surface area contributed by atoms with Crippen LogP contribution in [0.1, 0.15) is 10.4 Å². The monoisotopic (exact) mass is 460 g/mol. The van der Waals surface area contributed by atoms with Crippen LogP contribution in [-0.2, 0) is 17.6 Å². The molecule has 0 saturated carbocycles. The van der Waals surface area contributed by atoms with Gasteiger partial charge in [-0.2, -0.15) is 18.2 Å². The number of halogens is 3. The van der Waals surface area contributed by atoms with Crippen molar-refractivity contribution in [2.24, 2.45) is 7.05 Å². The lowest BCUT2D eigenvalue weighted by Crippen LogP contribution is -2.61. The zero-order valence-corrected chi connectivity index (χ0v) is 17.8. The average molecular weight is 460 g/mol. The number of fused-ring (bicyclic) bond motifs is 1. The SMILES string of the molecule is COc1nc2cc(-c3cn(C)nn3)ccc2n1C(NC(=O)c1ccccc1)(OC)C(F)(F)F. The van der Waals surface area contributed by atoms with E-state index in [4.69, 9.17) is 9.47 Å². The molecule has 0 aliphatic rings. The van der Waals surface area contributed by atoms with E-state index < -0.39 is 23.9 Å². The third kappa shape index (κ3) is 3.78. The van der Waals surface area contributed by atoms with Gasteiger partial charge in [0.2, 0.25) is 0 Å². The first-order chi connectivity index (χ1) is 15.7. The largest absolute Gasteiger partial charge is 0.468 e. The Labute approximate surface area is 185 Å². The molecule has 2 heterocycles. The Morgan fingerprint density at radius 1 is 1.09 bits per heavy atom. The summed E-state index contributed by atoms with van der Waals surface area (Å²) in [5.74, 6) is -4.29. The number of imidazole rings is 1. The fourth-order valence-electron chi connectivity index (χ4n) is 3.47. The van der Waals surface area contributed by atoms with Gasteiger partial charge in [0.1, 0.15) is 5.69 Å². The molecular formula is C21H19F3N6O3. The van der Waals surface area contributed by atoms with Crippen LogP contribution in [0.5, 0.6) is 6.01 Å². The van der Waals surface area contributed by atoms with Crippen LogP contribution in [0.4, 0.5) is 13.2 Å². The topological polar surface area (TPSA) is 96.1 Å². The number of alkyl halides is 3. The third-order valence-electron chi connectivity index (χ3n) is 5.02. The van der Waals surface area contributed by atoms with Crippen LogP contribution in [0.3, 0.4) is 0 Å². The molecule has 4 rings (SSSR count). The molecule has 1 amide bonds. The molecule has 0 aliphatic carbocycles. The minimum atomic E-state index is -5.09. The molecule has 2 aromatic heterocycles. The summed E-state index contributed by atoms with van der Waals surface area (Å²) in [6, 6.07) is 11.6. The van der Waals surface area contributed by atoms with Gasteiger partial charge in [-0.3, -0.25) is 14.8 Å². The summed E-state index contributed by atoms with van der Waals surface area (Å²) < 4.78 is 55.9. The highest BCUT2D eigenvalue weighted by molar-refractivity contribution is 5.94. The number of nitrogens with zero attached hydrogens (tertiary/aromatic N) is 5. The number of hydrogen-bond donors (Lipinski definition) is 1. The van der Waals surface area contributed by atoms with E-state index in [2.05, 4.69) is 15.3 Å². The summed E-state index contributed by atoms with van der Waals surface area (Å²) in [6.07, 6.45) is -3.43. The molecule has 1 atom stereocenters. The fraction of sp³-hybridized carbons (Fsp3) is 0.238. The number of aryl methyl sites for hydroxylation is 1. The summed E-state index contributed by atoms with van der Waals surface area (Å²) in [5.41, 5.74) is 1.32. The molecule has 4 aromatic rings. The van der Waals surface area contributed by atoms with Crippen LogP contribution in [0.15, 0.2) is 54.7 Å². The first kappa shape index (κ1) is 22.3. The van der Waals surface area contributed by atoms with E-state index in [9.17, 15) is 18.0 Å². The van der Waals surface area contributed by atoms with Gasteiger partial charge in [-0.25, -0.2) is 4.57 Å². The molecule has 33 heavy (non-hydrogen) atoms. The van der Waals surface area contributed by atoms with Crippen LogP contribution >= 0.6 is 0 Å². The van der Waals surface area contributed by atoms with Crippen molar-refractivity contribution in [3.63, 3.8) is 0 Å². The van der Waals surface area contributed by atoms with E-state index in [1.807, 2.05) is 5.32 Å².